The van der Waals surface area contributed by atoms with E-state index in [9.17, 15) is 8.78 Å². The minimum absolute atomic E-state index is 0.111. The molecule has 0 aromatic heterocycles. The molecule has 3 nitrogen and oxygen atoms in total. The van der Waals surface area contributed by atoms with E-state index in [0.29, 0.717) is 12.1 Å². The van der Waals surface area contributed by atoms with Gasteiger partial charge in [0.15, 0.2) is 5.82 Å². The van der Waals surface area contributed by atoms with Crippen LogP contribution in [0.15, 0.2) is 35.0 Å². The summed E-state index contributed by atoms with van der Waals surface area (Å²) in [5.41, 5.74) is 13.0. The number of hydrogen-bond acceptors (Lipinski definition) is 3. The van der Waals surface area contributed by atoms with Crippen LogP contribution in [0.1, 0.15) is 19.3 Å². The van der Waals surface area contributed by atoms with Gasteiger partial charge in [-0.25, -0.2) is 13.8 Å². The minimum Gasteiger partial charge on any atom is -0.404 e. The highest BCUT2D eigenvalue weighted by atomic mass is 19.1. The van der Waals surface area contributed by atoms with Crippen LogP contribution in [0.25, 0.3) is 0 Å². The first-order valence-electron chi connectivity index (χ1n) is 5.82. The minimum atomic E-state index is -0.682. The van der Waals surface area contributed by atoms with Gasteiger partial charge in [0.2, 0.25) is 0 Å². The highest BCUT2D eigenvalue weighted by Gasteiger charge is 2.21. The summed E-state index contributed by atoms with van der Waals surface area (Å²) >= 11 is 0. The third-order valence-electron chi connectivity index (χ3n) is 3.01. The lowest BCUT2D eigenvalue weighted by Crippen LogP contribution is -2.32. The second-order valence-electron chi connectivity index (χ2n) is 4.27. The van der Waals surface area contributed by atoms with E-state index in [0.717, 1.165) is 24.5 Å². The van der Waals surface area contributed by atoms with Crippen LogP contribution >= 0.6 is 0 Å². The van der Waals surface area contributed by atoms with Crippen molar-refractivity contribution < 1.29 is 8.78 Å². The van der Waals surface area contributed by atoms with E-state index in [4.69, 9.17) is 11.5 Å². The molecule has 4 N–H and O–H groups in total. The van der Waals surface area contributed by atoms with Gasteiger partial charge in [0.1, 0.15) is 5.82 Å². The maximum absolute atomic E-state index is 13.5. The summed E-state index contributed by atoms with van der Waals surface area (Å²) in [5, 5.41) is 0. The van der Waals surface area contributed by atoms with Gasteiger partial charge in [-0.3, -0.25) is 0 Å². The van der Waals surface area contributed by atoms with E-state index in [1.807, 2.05) is 0 Å². The Hall–Kier alpha value is -1.75. The molecule has 1 aromatic carbocycles. The number of halogens is 2. The molecule has 2 rings (SSSR count). The quantitative estimate of drug-likeness (QED) is 0.805. The van der Waals surface area contributed by atoms with E-state index in [2.05, 4.69) is 4.99 Å². The molecule has 18 heavy (non-hydrogen) atoms. The number of hydrogen-bond donors (Lipinski definition) is 2. The lowest BCUT2D eigenvalue weighted by molar-refractivity contribution is 0.584. The van der Waals surface area contributed by atoms with E-state index in [1.54, 1.807) is 0 Å². The molecule has 0 spiro atoms. The van der Waals surface area contributed by atoms with Gasteiger partial charge in [-0.05, 0) is 31.4 Å². The molecule has 96 valence electrons. The van der Waals surface area contributed by atoms with Crippen molar-refractivity contribution in [1.29, 1.82) is 0 Å². The SMILES string of the molecule is N/C=C1\C(=Nc2ccc(F)cc2F)CCCC1N. The molecule has 0 saturated heterocycles. The normalized spacial score (nSPS) is 24.7. The molecule has 1 aliphatic rings. The lowest BCUT2D eigenvalue weighted by Gasteiger charge is -2.23. The van der Waals surface area contributed by atoms with Crippen LogP contribution in [0.2, 0.25) is 0 Å². The Bertz CT molecular complexity index is 509. The van der Waals surface area contributed by atoms with Crippen molar-refractivity contribution in [2.75, 3.05) is 0 Å². The Morgan fingerprint density at radius 2 is 2.11 bits per heavy atom. The number of rotatable bonds is 1. The summed E-state index contributed by atoms with van der Waals surface area (Å²) in [6, 6.07) is 3.14. The second kappa shape index (κ2) is 5.27. The first kappa shape index (κ1) is 12.7. The molecule has 5 heteroatoms. The molecule has 0 radical (unpaired) electrons. The molecule has 1 atom stereocenters. The maximum atomic E-state index is 13.5. The summed E-state index contributed by atoms with van der Waals surface area (Å²) < 4.78 is 26.3. The van der Waals surface area contributed by atoms with Crippen molar-refractivity contribution in [2.45, 2.75) is 25.3 Å². The zero-order valence-corrected chi connectivity index (χ0v) is 9.87. The fourth-order valence-corrected chi connectivity index (χ4v) is 2.06. The Morgan fingerprint density at radius 1 is 1.33 bits per heavy atom. The molecule has 1 fully saturated rings. The largest absolute Gasteiger partial charge is 0.404 e. The molecule has 0 aliphatic heterocycles. The van der Waals surface area contributed by atoms with Crippen molar-refractivity contribution in [2.24, 2.45) is 16.5 Å². The third-order valence-corrected chi connectivity index (χ3v) is 3.01. The van der Waals surface area contributed by atoms with Gasteiger partial charge in [0.05, 0.1) is 5.69 Å². The van der Waals surface area contributed by atoms with Crippen LogP contribution < -0.4 is 11.5 Å². The molecular weight excluding hydrogens is 236 g/mol. The molecule has 0 bridgehead atoms. The fourth-order valence-electron chi connectivity index (χ4n) is 2.06. The summed E-state index contributed by atoms with van der Waals surface area (Å²) in [6.07, 6.45) is 3.85. The first-order chi connectivity index (χ1) is 8.61. The Balaban J connectivity index is 2.37. The summed E-state index contributed by atoms with van der Waals surface area (Å²) in [4.78, 5) is 4.21. The smallest absolute Gasteiger partial charge is 0.151 e. The standard InChI is InChI=1S/C13H15F2N3/c14-8-4-5-13(10(15)6-8)18-12-3-1-2-11(17)9(12)7-16/h4-7,11H,1-3,16-17H2/b9-7-,18-12?. The third kappa shape index (κ3) is 2.56. The van der Waals surface area contributed by atoms with Crippen LogP contribution in [-0.2, 0) is 0 Å². The van der Waals surface area contributed by atoms with Gasteiger partial charge >= 0.3 is 0 Å². The average molecular weight is 251 g/mol. The van der Waals surface area contributed by atoms with Crippen molar-refractivity contribution in [3.8, 4) is 0 Å². The molecule has 1 saturated carbocycles. The average Bonchev–Trinajstić information content (AvgIpc) is 2.33. The van der Waals surface area contributed by atoms with Crippen molar-refractivity contribution in [3.63, 3.8) is 0 Å². The number of benzene rings is 1. The molecule has 0 heterocycles. The van der Waals surface area contributed by atoms with E-state index >= 15 is 0 Å². The molecule has 1 aliphatic carbocycles. The lowest BCUT2D eigenvalue weighted by atomic mass is 9.89. The molecule has 0 amide bonds. The predicted octanol–water partition coefficient (Wildman–Crippen LogP) is 2.39. The van der Waals surface area contributed by atoms with Crippen LogP contribution in [0.5, 0.6) is 0 Å². The van der Waals surface area contributed by atoms with Gasteiger partial charge in [-0.2, -0.15) is 0 Å². The molecule has 1 aromatic rings. The van der Waals surface area contributed by atoms with Gasteiger partial charge in [0, 0.05) is 29.6 Å². The zero-order valence-electron chi connectivity index (χ0n) is 9.87. The number of nitrogens with zero attached hydrogens (tertiary/aromatic N) is 1. The Labute approximate surface area is 104 Å². The van der Waals surface area contributed by atoms with Crippen molar-refractivity contribution in [1.82, 2.24) is 0 Å². The fraction of sp³-hybridized carbons (Fsp3) is 0.308. The monoisotopic (exact) mass is 251 g/mol. The highest BCUT2D eigenvalue weighted by Crippen LogP contribution is 2.25. The topological polar surface area (TPSA) is 64.4 Å². The van der Waals surface area contributed by atoms with Gasteiger partial charge < -0.3 is 11.5 Å². The van der Waals surface area contributed by atoms with Crippen LogP contribution in [-0.4, -0.2) is 11.8 Å². The first-order valence-corrected chi connectivity index (χ1v) is 5.82. The van der Waals surface area contributed by atoms with Crippen LogP contribution in [0.4, 0.5) is 14.5 Å². The highest BCUT2D eigenvalue weighted by molar-refractivity contribution is 6.03. The van der Waals surface area contributed by atoms with E-state index in [-0.39, 0.29) is 11.7 Å². The summed E-state index contributed by atoms with van der Waals surface area (Å²) in [6.45, 7) is 0. The van der Waals surface area contributed by atoms with Crippen LogP contribution in [0, 0.1) is 11.6 Å². The molecular formula is C13H15F2N3. The Kier molecular flexibility index (Phi) is 3.72. The summed E-state index contributed by atoms with van der Waals surface area (Å²) in [7, 11) is 0. The number of nitrogens with two attached hydrogens (primary N) is 2. The van der Waals surface area contributed by atoms with E-state index < -0.39 is 11.6 Å². The van der Waals surface area contributed by atoms with Crippen molar-refractivity contribution in [3.05, 3.63) is 41.6 Å². The van der Waals surface area contributed by atoms with Gasteiger partial charge in [-0.1, -0.05) is 0 Å². The van der Waals surface area contributed by atoms with Gasteiger partial charge in [-0.15, -0.1) is 0 Å². The van der Waals surface area contributed by atoms with Crippen molar-refractivity contribution >= 4 is 11.4 Å². The maximum Gasteiger partial charge on any atom is 0.151 e. The molecule has 1 unspecified atom stereocenters. The van der Waals surface area contributed by atoms with Gasteiger partial charge in [0.25, 0.3) is 0 Å². The van der Waals surface area contributed by atoms with Crippen LogP contribution in [0.3, 0.4) is 0 Å². The zero-order chi connectivity index (χ0) is 13.1. The van der Waals surface area contributed by atoms with E-state index in [1.165, 1.54) is 18.3 Å². The Morgan fingerprint density at radius 3 is 2.78 bits per heavy atom. The second-order valence-corrected chi connectivity index (χ2v) is 4.27. The predicted molar refractivity (Wildman–Crippen MR) is 67.5 cm³/mol. The summed E-state index contributed by atoms with van der Waals surface area (Å²) in [5.74, 6) is -1.30. The number of aliphatic imine (C=N–C) groups is 1.